The molecule has 0 bridgehead atoms. The lowest BCUT2D eigenvalue weighted by Gasteiger charge is -2.22. The van der Waals surface area contributed by atoms with Crippen molar-refractivity contribution >= 4 is 39.1 Å². The third kappa shape index (κ3) is 4.19. The van der Waals surface area contributed by atoms with Crippen molar-refractivity contribution < 1.29 is 14.1 Å². The largest absolute Gasteiger partial charge is 0.324 e. The highest BCUT2D eigenvalue weighted by Crippen LogP contribution is 2.33. The van der Waals surface area contributed by atoms with Gasteiger partial charge in [0.2, 0.25) is 0 Å². The van der Waals surface area contributed by atoms with Crippen LogP contribution in [0.5, 0.6) is 0 Å². The van der Waals surface area contributed by atoms with Crippen LogP contribution < -0.4 is 5.32 Å². The predicted octanol–water partition coefficient (Wildman–Crippen LogP) is 5.36. The molecule has 11 heteroatoms. The molecule has 5 rings (SSSR count). The average molecular weight is 466 g/mol. The van der Waals surface area contributed by atoms with Gasteiger partial charge in [-0.15, -0.1) is 0 Å². The molecule has 1 aromatic carbocycles. The van der Waals surface area contributed by atoms with Gasteiger partial charge in [0.05, 0.1) is 27.4 Å². The van der Waals surface area contributed by atoms with Crippen LogP contribution in [0.2, 0.25) is 0 Å². The number of halogens is 1. The lowest BCUT2D eigenvalue weighted by atomic mass is 9.96. The minimum Gasteiger partial charge on any atom is -0.305 e. The molecule has 1 amide bonds. The van der Waals surface area contributed by atoms with Crippen molar-refractivity contribution in [3.05, 3.63) is 63.4 Å². The Kier molecular flexibility index (Phi) is 5.55. The van der Waals surface area contributed by atoms with E-state index in [0.717, 1.165) is 37.0 Å². The summed E-state index contributed by atoms with van der Waals surface area (Å²) in [5.74, 6) is -0.466. The van der Waals surface area contributed by atoms with Gasteiger partial charge in [-0.25, -0.2) is 19.0 Å². The second kappa shape index (κ2) is 8.66. The smallest absolute Gasteiger partial charge is 0.305 e. The maximum absolute atomic E-state index is 13.9. The summed E-state index contributed by atoms with van der Waals surface area (Å²) in [6.07, 6.45) is 6.98. The van der Waals surface area contributed by atoms with Gasteiger partial charge in [0, 0.05) is 11.6 Å². The maximum atomic E-state index is 13.9. The number of rotatable bonds is 5. The Hall–Kier alpha value is -3.73. The molecule has 0 radical (unpaired) electrons. The first-order valence-electron chi connectivity index (χ1n) is 10.6. The third-order valence-corrected chi connectivity index (χ3v) is 6.72. The zero-order valence-corrected chi connectivity index (χ0v) is 18.2. The number of thiophene rings is 1. The number of hydrogen-bond acceptors (Lipinski definition) is 7. The second-order valence-corrected chi connectivity index (χ2v) is 8.94. The first-order chi connectivity index (χ1) is 16.0. The van der Waals surface area contributed by atoms with E-state index in [0.29, 0.717) is 16.6 Å². The van der Waals surface area contributed by atoms with Gasteiger partial charge in [-0.3, -0.25) is 14.9 Å². The van der Waals surface area contributed by atoms with Crippen molar-refractivity contribution in [1.29, 1.82) is 0 Å². The van der Waals surface area contributed by atoms with E-state index in [1.807, 2.05) is 4.68 Å². The lowest BCUT2D eigenvalue weighted by Crippen LogP contribution is -2.15. The fourth-order valence-corrected chi connectivity index (χ4v) is 4.80. The molecule has 33 heavy (non-hydrogen) atoms. The summed E-state index contributed by atoms with van der Waals surface area (Å²) in [5, 5.41) is 18.7. The number of nitro groups is 1. The molecule has 3 aromatic heterocycles. The van der Waals surface area contributed by atoms with E-state index in [2.05, 4.69) is 20.4 Å². The SMILES string of the molecule is O=C(Nc1nc(-c2cccc(F)c2)nc2c1cnn2C1CCCCC1)c1ccc([N+](=O)[O-])s1. The third-order valence-electron chi connectivity index (χ3n) is 5.68. The van der Waals surface area contributed by atoms with Gasteiger partial charge >= 0.3 is 5.00 Å². The molecule has 3 heterocycles. The summed E-state index contributed by atoms with van der Waals surface area (Å²) >= 11 is 0.779. The number of benzene rings is 1. The number of aromatic nitrogens is 4. The first-order valence-corrected chi connectivity index (χ1v) is 11.4. The summed E-state index contributed by atoms with van der Waals surface area (Å²) < 4.78 is 15.7. The number of nitrogens with zero attached hydrogens (tertiary/aromatic N) is 5. The Morgan fingerprint density at radius 1 is 1.18 bits per heavy atom. The molecule has 4 aromatic rings. The van der Waals surface area contributed by atoms with Gasteiger partial charge in [-0.1, -0.05) is 42.7 Å². The van der Waals surface area contributed by atoms with Crippen LogP contribution in [0.3, 0.4) is 0 Å². The molecule has 1 fully saturated rings. The molecule has 1 aliphatic rings. The van der Waals surface area contributed by atoms with Crippen molar-refractivity contribution in [1.82, 2.24) is 19.7 Å². The molecule has 0 atom stereocenters. The molecule has 0 spiro atoms. The van der Waals surface area contributed by atoms with E-state index >= 15 is 0 Å². The molecule has 168 valence electrons. The van der Waals surface area contributed by atoms with Gasteiger partial charge < -0.3 is 5.32 Å². The Morgan fingerprint density at radius 2 is 2.00 bits per heavy atom. The maximum Gasteiger partial charge on any atom is 0.324 e. The number of amides is 1. The molecule has 0 saturated heterocycles. The van der Waals surface area contributed by atoms with E-state index in [9.17, 15) is 19.3 Å². The zero-order chi connectivity index (χ0) is 22.9. The summed E-state index contributed by atoms with van der Waals surface area (Å²) in [6.45, 7) is 0. The Morgan fingerprint density at radius 3 is 2.73 bits per heavy atom. The van der Waals surface area contributed by atoms with Crippen LogP contribution in [0.4, 0.5) is 15.2 Å². The minimum absolute atomic E-state index is 0.126. The van der Waals surface area contributed by atoms with Crippen molar-refractivity contribution in [3.63, 3.8) is 0 Å². The quantitative estimate of drug-likeness (QED) is 0.313. The van der Waals surface area contributed by atoms with Gasteiger partial charge in [-0.05, 0) is 31.0 Å². The van der Waals surface area contributed by atoms with Crippen molar-refractivity contribution in [2.45, 2.75) is 38.1 Å². The highest BCUT2D eigenvalue weighted by atomic mass is 32.1. The van der Waals surface area contributed by atoms with Crippen molar-refractivity contribution in [3.8, 4) is 11.4 Å². The highest BCUT2D eigenvalue weighted by molar-refractivity contribution is 7.17. The van der Waals surface area contributed by atoms with Crippen LogP contribution in [-0.4, -0.2) is 30.6 Å². The normalized spacial score (nSPS) is 14.5. The minimum atomic E-state index is -0.541. The molecule has 0 aliphatic heterocycles. The molecular weight excluding hydrogens is 447 g/mol. The summed E-state index contributed by atoms with van der Waals surface area (Å²) in [6, 6.07) is 8.80. The number of nitrogens with one attached hydrogen (secondary N) is 1. The van der Waals surface area contributed by atoms with E-state index in [4.69, 9.17) is 0 Å². The summed E-state index contributed by atoms with van der Waals surface area (Å²) in [4.78, 5) is 32.6. The van der Waals surface area contributed by atoms with Gasteiger partial charge in [0.1, 0.15) is 11.6 Å². The van der Waals surface area contributed by atoms with Crippen LogP contribution in [0, 0.1) is 15.9 Å². The summed E-state index contributed by atoms with van der Waals surface area (Å²) in [7, 11) is 0. The monoisotopic (exact) mass is 466 g/mol. The van der Waals surface area contributed by atoms with Gasteiger partial charge in [0.25, 0.3) is 5.91 Å². The highest BCUT2D eigenvalue weighted by Gasteiger charge is 2.23. The van der Waals surface area contributed by atoms with E-state index < -0.39 is 16.6 Å². The van der Waals surface area contributed by atoms with Crippen molar-refractivity contribution in [2.24, 2.45) is 0 Å². The zero-order valence-electron chi connectivity index (χ0n) is 17.4. The Bertz CT molecular complexity index is 1360. The van der Waals surface area contributed by atoms with E-state index in [1.165, 1.54) is 30.7 Å². The lowest BCUT2D eigenvalue weighted by molar-refractivity contribution is -0.380. The van der Waals surface area contributed by atoms with E-state index in [1.54, 1.807) is 18.3 Å². The fraction of sp³-hybridized carbons (Fsp3) is 0.273. The number of carbonyl (C=O) groups excluding carboxylic acids is 1. The van der Waals surface area contributed by atoms with E-state index in [-0.39, 0.29) is 27.6 Å². The fourth-order valence-electron chi connectivity index (χ4n) is 4.09. The summed E-state index contributed by atoms with van der Waals surface area (Å²) in [5.41, 5.74) is 1.03. The van der Waals surface area contributed by atoms with Crippen LogP contribution in [-0.2, 0) is 0 Å². The topological polar surface area (TPSA) is 116 Å². The molecule has 0 unspecified atom stereocenters. The van der Waals surface area contributed by atoms with Crippen LogP contribution in [0.1, 0.15) is 47.8 Å². The van der Waals surface area contributed by atoms with Gasteiger partial charge in [-0.2, -0.15) is 5.10 Å². The van der Waals surface area contributed by atoms with Gasteiger partial charge in [0.15, 0.2) is 11.5 Å². The number of anilines is 1. The second-order valence-electron chi connectivity index (χ2n) is 7.87. The Balaban J connectivity index is 1.59. The number of carbonyl (C=O) groups is 1. The average Bonchev–Trinajstić information content (AvgIpc) is 3.48. The molecular formula is C22H19FN6O3S. The van der Waals surface area contributed by atoms with Crippen LogP contribution >= 0.6 is 11.3 Å². The number of fused-ring (bicyclic) bond motifs is 1. The van der Waals surface area contributed by atoms with Crippen LogP contribution in [0.15, 0.2) is 42.6 Å². The molecule has 1 N–H and O–H groups in total. The number of hydrogen-bond donors (Lipinski definition) is 1. The standard InChI is InChI=1S/C22H19FN6O3S/c23-14-6-4-5-13(11-14)19-25-20(27-22(30)17-9-10-18(33-17)29(31)32)16-12-24-28(21(16)26-19)15-7-2-1-3-8-15/h4-6,9-12,15H,1-3,7-8H2,(H,25,26,27,30). The van der Waals surface area contributed by atoms with Crippen LogP contribution in [0.25, 0.3) is 22.4 Å². The molecule has 9 nitrogen and oxygen atoms in total. The molecule has 1 saturated carbocycles. The first kappa shape index (κ1) is 21.1. The Labute approximate surface area is 191 Å². The molecule has 1 aliphatic carbocycles. The predicted molar refractivity (Wildman–Crippen MR) is 122 cm³/mol. The van der Waals surface area contributed by atoms with Crippen molar-refractivity contribution in [2.75, 3.05) is 5.32 Å².